The van der Waals surface area contributed by atoms with Gasteiger partial charge in [0.1, 0.15) is 5.75 Å². The number of methoxy groups -OCH3 is 1. The van der Waals surface area contributed by atoms with Crippen molar-refractivity contribution in [3.05, 3.63) is 64.6 Å². The first-order chi connectivity index (χ1) is 12.1. The largest absolute Gasteiger partial charge is 0.508 e. The molecule has 0 unspecified atom stereocenters. The lowest BCUT2D eigenvalue weighted by Gasteiger charge is -2.03. The number of hydrogen-bond donors (Lipinski definition) is 2. The summed E-state index contributed by atoms with van der Waals surface area (Å²) in [4.78, 5) is 28.7. The van der Waals surface area contributed by atoms with Gasteiger partial charge >= 0.3 is 5.97 Å². The summed E-state index contributed by atoms with van der Waals surface area (Å²) in [6.45, 7) is 0. The quantitative estimate of drug-likeness (QED) is 0.653. The minimum absolute atomic E-state index is 0.124. The van der Waals surface area contributed by atoms with Gasteiger partial charge in [-0.15, -0.1) is 0 Å². The normalized spacial score (nSPS) is 16.9. The third-order valence-electron chi connectivity index (χ3n) is 3.35. The molecule has 3 rings (SSSR count). The molecule has 0 spiro atoms. The Morgan fingerprint density at radius 2 is 2.04 bits per heavy atom. The van der Waals surface area contributed by atoms with Crippen molar-refractivity contribution >= 4 is 40.6 Å². The smallest absolute Gasteiger partial charge is 0.340 e. The topological polar surface area (TPSA) is 88.0 Å². The van der Waals surface area contributed by atoms with Crippen LogP contribution in [0.5, 0.6) is 5.75 Å². The first kappa shape index (κ1) is 16.8. The van der Waals surface area contributed by atoms with E-state index in [1.54, 1.807) is 54.6 Å². The van der Waals surface area contributed by atoms with E-state index in [0.29, 0.717) is 26.9 Å². The maximum absolute atomic E-state index is 12.1. The Labute approximate surface area is 148 Å². The van der Waals surface area contributed by atoms with Gasteiger partial charge in [-0.25, -0.2) is 9.79 Å². The minimum Gasteiger partial charge on any atom is -0.508 e. The summed E-state index contributed by atoms with van der Waals surface area (Å²) in [6.07, 6.45) is 1.66. The number of hydrogen-bond acceptors (Lipinski definition) is 6. The van der Waals surface area contributed by atoms with Crippen LogP contribution in [0.2, 0.25) is 0 Å². The van der Waals surface area contributed by atoms with E-state index in [2.05, 4.69) is 10.3 Å². The molecule has 6 nitrogen and oxygen atoms in total. The average Bonchev–Trinajstić information content (AvgIpc) is 2.94. The zero-order chi connectivity index (χ0) is 17.8. The number of esters is 1. The number of nitrogens with zero attached hydrogens (tertiary/aromatic N) is 1. The Hall–Kier alpha value is -3.06. The van der Waals surface area contributed by atoms with Gasteiger partial charge in [0.2, 0.25) is 0 Å². The zero-order valence-electron chi connectivity index (χ0n) is 13.2. The third kappa shape index (κ3) is 3.89. The van der Waals surface area contributed by atoms with Crippen molar-refractivity contribution in [1.29, 1.82) is 0 Å². The molecule has 0 radical (unpaired) electrons. The summed E-state index contributed by atoms with van der Waals surface area (Å²) < 4.78 is 4.74. The molecule has 1 aliphatic rings. The third-order valence-corrected chi connectivity index (χ3v) is 4.26. The molecule has 25 heavy (non-hydrogen) atoms. The number of aliphatic imine (C=N–C) groups is 1. The molecule has 0 aromatic heterocycles. The van der Waals surface area contributed by atoms with E-state index in [1.165, 1.54) is 7.11 Å². The number of carbonyl (C=O) groups excluding carboxylic acids is 2. The van der Waals surface area contributed by atoms with Crippen LogP contribution in [0.4, 0.5) is 5.69 Å². The minimum atomic E-state index is -0.496. The van der Waals surface area contributed by atoms with Crippen LogP contribution in [-0.4, -0.2) is 29.3 Å². The Morgan fingerprint density at radius 3 is 2.80 bits per heavy atom. The van der Waals surface area contributed by atoms with Crippen molar-refractivity contribution in [3.63, 3.8) is 0 Å². The number of para-hydroxylation sites is 1. The highest BCUT2D eigenvalue weighted by molar-refractivity contribution is 8.18. The molecule has 2 N–H and O–H groups in total. The Kier molecular flexibility index (Phi) is 4.85. The molecule has 1 saturated heterocycles. The summed E-state index contributed by atoms with van der Waals surface area (Å²) >= 11 is 1.16. The highest BCUT2D eigenvalue weighted by atomic mass is 32.2. The number of amidine groups is 1. The number of amides is 1. The Morgan fingerprint density at radius 1 is 1.24 bits per heavy atom. The molecule has 1 amide bonds. The lowest BCUT2D eigenvalue weighted by Crippen LogP contribution is -2.19. The molecule has 7 heteroatoms. The number of carbonyl (C=O) groups is 2. The van der Waals surface area contributed by atoms with Gasteiger partial charge in [0.05, 0.1) is 23.3 Å². The average molecular weight is 354 g/mol. The van der Waals surface area contributed by atoms with Gasteiger partial charge in [0, 0.05) is 0 Å². The molecule has 126 valence electrons. The first-order valence-corrected chi connectivity index (χ1v) is 8.14. The Balaban J connectivity index is 1.88. The van der Waals surface area contributed by atoms with Crippen molar-refractivity contribution in [2.45, 2.75) is 0 Å². The lowest BCUT2D eigenvalue weighted by molar-refractivity contribution is -0.115. The summed E-state index contributed by atoms with van der Waals surface area (Å²) in [6, 6.07) is 13.3. The van der Waals surface area contributed by atoms with Gasteiger partial charge in [-0.1, -0.05) is 24.3 Å². The van der Waals surface area contributed by atoms with Gasteiger partial charge in [0.15, 0.2) is 5.17 Å². The number of benzene rings is 2. The molecule has 1 aliphatic heterocycles. The number of ether oxygens (including phenoxy) is 1. The van der Waals surface area contributed by atoms with Crippen LogP contribution in [0, 0.1) is 0 Å². The van der Waals surface area contributed by atoms with E-state index in [-0.39, 0.29) is 11.7 Å². The second kappa shape index (κ2) is 7.23. The second-order valence-corrected chi connectivity index (χ2v) is 6.12. The molecule has 0 aliphatic carbocycles. The highest BCUT2D eigenvalue weighted by Gasteiger charge is 2.24. The predicted octanol–water partition coefficient (Wildman–Crippen LogP) is 3.07. The number of phenolic OH excluding ortho intramolecular Hbond substituents is 1. The van der Waals surface area contributed by atoms with Gasteiger partial charge < -0.3 is 15.2 Å². The molecule has 0 atom stereocenters. The fourth-order valence-electron chi connectivity index (χ4n) is 2.21. The summed E-state index contributed by atoms with van der Waals surface area (Å²) in [5.74, 6) is -0.661. The molecule has 2 aromatic carbocycles. The summed E-state index contributed by atoms with van der Waals surface area (Å²) in [5.41, 5.74) is 1.43. The number of rotatable bonds is 3. The van der Waals surface area contributed by atoms with Crippen LogP contribution in [-0.2, 0) is 9.53 Å². The van der Waals surface area contributed by atoms with E-state index in [1.807, 2.05) is 0 Å². The first-order valence-electron chi connectivity index (χ1n) is 7.33. The van der Waals surface area contributed by atoms with Crippen LogP contribution in [0.3, 0.4) is 0 Å². The number of aromatic hydroxyl groups is 1. The van der Waals surface area contributed by atoms with Gasteiger partial charge in [-0.2, -0.15) is 0 Å². The number of phenols is 1. The van der Waals surface area contributed by atoms with E-state index >= 15 is 0 Å². The van der Waals surface area contributed by atoms with Gasteiger partial charge in [-0.05, 0) is 47.7 Å². The monoisotopic (exact) mass is 354 g/mol. The van der Waals surface area contributed by atoms with Crippen molar-refractivity contribution in [3.8, 4) is 5.75 Å². The van der Waals surface area contributed by atoms with Gasteiger partial charge in [0.25, 0.3) is 5.91 Å². The van der Waals surface area contributed by atoms with E-state index in [4.69, 9.17) is 4.74 Å². The van der Waals surface area contributed by atoms with E-state index in [0.717, 1.165) is 11.8 Å². The van der Waals surface area contributed by atoms with Crippen molar-refractivity contribution in [2.24, 2.45) is 4.99 Å². The molecular formula is C18H14N2O4S. The summed E-state index contributed by atoms with van der Waals surface area (Å²) in [5, 5.41) is 12.5. The van der Waals surface area contributed by atoms with E-state index < -0.39 is 5.97 Å². The lowest BCUT2D eigenvalue weighted by atomic mass is 10.2. The molecular weight excluding hydrogens is 340 g/mol. The number of thioether (sulfide) groups is 1. The van der Waals surface area contributed by atoms with Crippen LogP contribution in [0.25, 0.3) is 6.08 Å². The molecule has 1 heterocycles. The molecule has 0 saturated carbocycles. The zero-order valence-corrected chi connectivity index (χ0v) is 14.0. The van der Waals surface area contributed by atoms with Crippen molar-refractivity contribution in [2.75, 3.05) is 7.11 Å². The maximum Gasteiger partial charge on any atom is 0.340 e. The second-order valence-electron chi connectivity index (χ2n) is 5.09. The van der Waals surface area contributed by atoms with Crippen molar-refractivity contribution < 1.29 is 19.4 Å². The predicted molar refractivity (Wildman–Crippen MR) is 96.7 cm³/mol. The molecule has 2 aromatic rings. The standard InChI is InChI=1S/C18H14N2O4S/c1-24-17(23)13-7-2-3-8-14(13)19-18-20-16(22)15(25-18)10-11-5-4-6-12(21)9-11/h2-10,21H,1H3,(H,19,20,22)/b15-10-. The van der Waals surface area contributed by atoms with Crippen LogP contribution >= 0.6 is 11.8 Å². The molecule has 0 bridgehead atoms. The summed E-state index contributed by atoms with van der Waals surface area (Å²) in [7, 11) is 1.30. The SMILES string of the molecule is COC(=O)c1ccccc1N=C1NC(=O)/C(=C/c2cccc(O)c2)S1. The number of nitrogens with one attached hydrogen (secondary N) is 1. The van der Waals surface area contributed by atoms with Crippen LogP contribution in [0.15, 0.2) is 58.4 Å². The maximum atomic E-state index is 12.1. The van der Waals surface area contributed by atoms with Gasteiger partial charge in [-0.3, -0.25) is 4.79 Å². The fraction of sp³-hybridized carbons (Fsp3) is 0.0556. The van der Waals surface area contributed by atoms with Crippen LogP contribution in [0.1, 0.15) is 15.9 Å². The van der Waals surface area contributed by atoms with E-state index in [9.17, 15) is 14.7 Å². The fourth-order valence-corrected chi connectivity index (χ4v) is 3.04. The molecule has 1 fully saturated rings. The van der Waals surface area contributed by atoms with Crippen molar-refractivity contribution in [1.82, 2.24) is 5.32 Å². The van der Waals surface area contributed by atoms with Crippen LogP contribution < -0.4 is 5.32 Å². The highest BCUT2D eigenvalue weighted by Crippen LogP contribution is 2.29. The Bertz CT molecular complexity index is 905.